The molecule has 22 heavy (non-hydrogen) atoms. The molecule has 0 fully saturated rings. The Morgan fingerprint density at radius 2 is 0.955 bits per heavy atom. The van der Waals surface area contributed by atoms with Gasteiger partial charge in [0.1, 0.15) is 0 Å². The van der Waals surface area contributed by atoms with Gasteiger partial charge in [0.2, 0.25) is 0 Å². The van der Waals surface area contributed by atoms with Crippen LogP contribution in [0.5, 0.6) is 0 Å². The molecule has 2 aromatic rings. The lowest BCUT2D eigenvalue weighted by molar-refractivity contribution is 0.590. The smallest absolute Gasteiger partial charge is 0.0132 e. The van der Waals surface area contributed by atoms with E-state index in [1.807, 2.05) is 0 Å². The lowest BCUT2D eigenvalue weighted by Gasteiger charge is -2.19. The summed E-state index contributed by atoms with van der Waals surface area (Å²) < 4.78 is 0. The topological polar surface area (TPSA) is 0 Å². The van der Waals surface area contributed by atoms with Gasteiger partial charge in [-0.1, -0.05) is 102 Å². The van der Waals surface area contributed by atoms with Gasteiger partial charge in [0.25, 0.3) is 0 Å². The normalized spacial score (nSPS) is 12.8. The molecule has 2 rings (SSSR count). The maximum Gasteiger partial charge on any atom is -0.0132 e. The van der Waals surface area contributed by atoms with Crippen molar-refractivity contribution in [3.63, 3.8) is 0 Å². The monoisotopic (exact) mass is 292 g/mol. The van der Waals surface area contributed by atoms with E-state index in [4.69, 9.17) is 0 Å². The van der Waals surface area contributed by atoms with Crippen molar-refractivity contribution in [2.45, 2.75) is 52.4 Å². The molecule has 0 spiro atoms. The van der Waals surface area contributed by atoms with Gasteiger partial charge < -0.3 is 0 Å². The molecule has 0 aliphatic rings. The number of hydrogen-bond donors (Lipinski definition) is 0. The van der Waals surface area contributed by atoms with Crippen molar-refractivity contribution in [2.24, 2.45) is 0 Å². The molecule has 0 N–H and O–H groups in total. The van der Waals surface area contributed by atoms with Crippen LogP contribution in [0.4, 0.5) is 0 Å². The zero-order chi connectivity index (χ0) is 16.4. The fourth-order valence-corrected chi connectivity index (χ4v) is 2.41. The molecule has 0 amide bonds. The van der Waals surface area contributed by atoms with Gasteiger partial charge in [-0.2, -0.15) is 0 Å². The Kier molecular flexibility index (Phi) is 4.60. The third kappa shape index (κ3) is 4.34. The van der Waals surface area contributed by atoms with Crippen LogP contribution in [-0.2, 0) is 10.8 Å². The zero-order valence-corrected chi connectivity index (χ0v) is 14.8. The molecule has 0 aliphatic heterocycles. The minimum Gasteiger partial charge on any atom is -0.0614 e. The summed E-state index contributed by atoms with van der Waals surface area (Å²) in [4.78, 5) is 0. The lowest BCUT2D eigenvalue weighted by Crippen LogP contribution is -2.10. The second kappa shape index (κ2) is 6.12. The van der Waals surface area contributed by atoms with Gasteiger partial charge in [0.05, 0.1) is 0 Å². The maximum absolute atomic E-state index is 2.28. The average Bonchev–Trinajstić information content (AvgIpc) is 2.44. The SMILES string of the molecule is CC(C)(C)c1cccc(/C=C/c2cccc(C(C)(C)C)c2)c1. The van der Waals surface area contributed by atoms with E-state index < -0.39 is 0 Å². The van der Waals surface area contributed by atoms with E-state index in [1.54, 1.807) is 0 Å². The van der Waals surface area contributed by atoms with Crippen molar-refractivity contribution in [1.82, 2.24) is 0 Å². The van der Waals surface area contributed by atoms with E-state index in [0.717, 1.165) is 0 Å². The molecule has 0 aromatic heterocycles. The van der Waals surface area contributed by atoms with E-state index in [-0.39, 0.29) is 10.8 Å². The Morgan fingerprint density at radius 3 is 1.27 bits per heavy atom. The first-order chi connectivity index (χ1) is 10.2. The molecule has 0 bridgehead atoms. The summed E-state index contributed by atoms with van der Waals surface area (Å²) in [7, 11) is 0. The third-order valence-electron chi connectivity index (χ3n) is 3.97. The molecule has 0 radical (unpaired) electrons. The number of hydrogen-bond acceptors (Lipinski definition) is 0. The van der Waals surface area contributed by atoms with Crippen molar-refractivity contribution >= 4 is 12.2 Å². The van der Waals surface area contributed by atoms with Crippen molar-refractivity contribution in [3.05, 3.63) is 70.8 Å². The first-order valence-corrected chi connectivity index (χ1v) is 8.05. The standard InChI is InChI=1S/C22H28/c1-21(2,3)19-11-7-9-17(15-19)13-14-18-10-8-12-20(16-18)22(4,5)6/h7-16H,1-6H3/b14-13+. The maximum atomic E-state index is 2.28. The van der Waals surface area contributed by atoms with Crippen LogP contribution in [0.1, 0.15) is 63.8 Å². The van der Waals surface area contributed by atoms with E-state index >= 15 is 0 Å². The molecular weight excluding hydrogens is 264 g/mol. The quantitative estimate of drug-likeness (QED) is 0.558. The van der Waals surface area contributed by atoms with Gasteiger partial charge in [-0.15, -0.1) is 0 Å². The molecule has 0 saturated heterocycles. The Labute approximate surface area is 135 Å². The fraction of sp³-hybridized carbons (Fsp3) is 0.364. The van der Waals surface area contributed by atoms with Crippen molar-refractivity contribution in [2.75, 3.05) is 0 Å². The van der Waals surface area contributed by atoms with Crippen LogP contribution < -0.4 is 0 Å². The highest BCUT2D eigenvalue weighted by Gasteiger charge is 2.14. The number of benzene rings is 2. The fourth-order valence-electron chi connectivity index (χ4n) is 2.41. The summed E-state index contributed by atoms with van der Waals surface area (Å²) in [6.07, 6.45) is 4.41. The highest BCUT2D eigenvalue weighted by atomic mass is 14.2. The highest BCUT2D eigenvalue weighted by molar-refractivity contribution is 5.70. The lowest BCUT2D eigenvalue weighted by atomic mass is 9.85. The second-order valence-electron chi connectivity index (χ2n) is 8.08. The Bertz CT molecular complexity index is 601. The van der Waals surface area contributed by atoms with Crippen molar-refractivity contribution in [3.8, 4) is 0 Å². The van der Waals surface area contributed by atoms with Gasteiger partial charge in [0, 0.05) is 0 Å². The Balaban J connectivity index is 2.26. The average molecular weight is 292 g/mol. The molecule has 0 aliphatic carbocycles. The molecule has 0 nitrogen and oxygen atoms in total. The summed E-state index contributed by atoms with van der Waals surface area (Å²) in [5, 5.41) is 0. The van der Waals surface area contributed by atoms with Crippen LogP contribution in [0.25, 0.3) is 12.2 Å². The summed E-state index contributed by atoms with van der Waals surface area (Å²) in [5.74, 6) is 0. The third-order valence-corrected chi connectivity index (χ3v) is 3.97. The predicted octanol–water partition coefficient (Wildman–Crippen LogP) is 6.45. The molecule has 0 unspecified atom stereocenters. The van der Waals surface area contributed by atoms with E-state index in [9.17, 15) is 0 Å². The first kappa shape index (κ1) is 16.5. The van der Waals surface area contributed by atoms with Crippen LogP contribution in [0, 0.1) is 0 Å². The predicted molar refractivity (Wildman–Crippen MR) is 99.2 cm³/mol. The zero-order valence-electron chi connectivity index (χ0n) is 14.8. The molecule has 0 saturated carbocycles. The van der Waals surface area contributed by atoms with Crippen LogP contribution in [0.3, 0.4) is 0 Å². The van der Waals surface area contributed by atoms with E-state index in [1.165, 1.54) is 22.3 Å². The largest absolute Gasteiger partial charge is 0.0614 e. The Morgan fingerprint density at radius 1 is 0.591 bits per heavy atom. The van der Waals surface area contributed by atoms with Gasteiger partial charge in [-0.05, 0) is 33.1 Å². The van der Waals surface area contributed by atoms with Crippen molar-refractivity contribution < 1.29 is 0 Å². The summed E-state index contributed by atoms with van der Waals surface area (Å²) in [5.41, 5.74) is 5.64. The number of rotatable bonds is 2. The van der Waals surface area contributed by atoms with E-state index in [2.05, 4.69) is 102 Å². The van der Waals surface area contributed by atoms with Crippen molar-refractivity contribution in [1.29, 1.82) is 0 Å². The summed E-state index contributed by atoms with van der Waals surface area (Å²) >= 11 is 0. The summed E-state index contributed by atoms with van der Waals surface area (Å²) in [6.45, 7) is 13.5. The molecular formula is C22H28. The molecule has 2 aromatic carbocycles. The first-order valence-electron chi connectivity index (χ1n) is 8.05. The second-order valence-corrected chi connectivity index (χ2v) is 8.08. The molecule has 0 heteroatoms. The summed E-state index contributed by atoms with van der Waals surface area (Å²) in [6, 6.07) is 17.6. The van der Waals surface area contributed by atoms with Crippen LogP contribution in [-0.4, -0.2) is 0 Å². The minimum absolute atomic E-state index is 0.190. The molecule has 116 valence electrons. The Hall–Kier alpha value is -1.82. The molecule has 0 atom stereocenters. The van der Waals surface area contributed by atoms with Crippen LogP contribution in [0.2, 0.25) is 0 Å². The molecule has 0 heterocycles. The van der Waals surface area contributed by atoms with Crippen LogP contribution in [0.15, 0.2) is 48.5 Å². The van der Waals surface area contributed by atoms with Crippen LogP contribution >= 0.6 is 0 Å². The highest BCUT2D eigenvalue weighted by Crippen LogP contribution is 2.25. The minimum atomic E-state index is 0.190. The van der Waals surface area contributed by atoms with Gasteiger partial charge in [-0.3, -0.25) is 0 Å². The van der Waals surface area contributed by atoms with Gasteiger partial charge in [0.15, 0.2) is 0 Å². The van der Waals surface area contributed by atoms with E-state index in [0.29, 0.717) is 0 Å². The van der Waals surface area contributed by atoms with Gasteiger partial charge >= 0.3 is 0 Å². The van der Waals surface area contributed by atoms with Gasteiger partial charge in [-0.25, -0.2) is 0 Å².